The van der Waals surface area contributed by atoms with Crippen LogP contribution < -0.4 is 0 Å². The molecule has 0 aromatic rings. The molecule has 0 aliphatic heterocycles. The minimum absolute atomic E-state index is 0.410. The minimum atomic E-state index is 0.410. The molecule has 0 unspecified atom stereocenters. The van der Waals surface area contributed by atoms with Gasteiger partial charge in [-0.3, -0.25) is 0 Å². The molecule has 4 heteroatoms. The predicted molar refractivity (Wildman–Crippen MR) is 53.3 cm³/mol. The summed E-state index contributed by atoms with van der Waals surface area (Å²) in [5.74, 6) is 0. The third kappa shape index (κ3) is 22.3. The molecule has 0 bridgehead atoms. The smallest absolute Gasteiger partial charge is 0.0661 e. The fourth-order valence-electron chi connectivity index (χ4n) is 0. The van der Waals surface area contributed by atoms with E-state index in [4.69, 9.17) is 0 Å². The Hall–Kier alpha value is 2.25. The summed E-state index contributed by atoms with van der Waals surface area (Å²) in [6.45, 7) is 0. The monoisotopic (exact) mass is 406 g/mol. The Balaban J connectivity index is 3.02. The van der Waals surface area contributed by atoms with Crippen molar-refractivity contribution in [2.45, 2.75) is -0.665 Å². The van der Waals surface area contributed by atoms with E-state index in [1.807, 2.05) is 0 Å². The first-order valence-corrected chi connectivity index (χ1v) is 4.30. The summed E-state index contributed by atoms with van der Waals surface area (Å²) in [7, 11) is 2.15. The second-order valence-corrected chi connectivity index (χ2v) is 13.4. The van der Waals surface area contributed by atoms with Crippen molar-refractivity contribution in [2.24, 2.45) is 0 Å². The molecular weight excluding hydrogens is 404 g/mol. The van der Waals surface area contributed by atoms with Crippen molar-refractivity contribution in [1.29, 1.82) is 0 Å². The van der Waals surface area contributed by atoms with Gasteiger partial charge in [0.15, 0.2) is 0 Å². The van der Waals surface area contributed by atoms with E-state index in [2.05, 4.69) is 75.6 Å². The van der Waals surface area contributed by atoms with Gasteiger partial charge in [0, 0.05) is 0 Å². The molecule has 0 aliphatic rings. The Morgan fingerprint density at radius 3 is 1.20 bits per heavy atom. The van der Waals surface area contributed by atoms with Gasteiger partial charge in [-0.15, -0.1) is 0 Å². The van der Waals surface area contributed by atoms with E-state index in [1.54, 1.807) is 0 Å². The third-order valence-corrected chi connectivity index (χ3v) is 0. The molecule has 0 aliphatic carbocycles. The average molecular weight is 406 g/mol. The fraction of sp³-hybridized carbons (Fsp3) is 1.00. The SMILES string of the molecule is BC(I)(I)I. The molecule has 0 saturated carbocycles. The Bertz CT molecular complexity index is 22.4. The lowest BCUT2D eigenvalue weighted by Gasteiger charge is -1.96. The fourth-order valence-corrected chi connectivity index (χ4v) is 0. The van der Waals surface area contributed by atoms with E-state index in [9.17, 15) is 0 Å². The molecule has 0 heterocycles. The average Bonchev–Trinajstić information content (AvgIpc) is 0.722. The quantitative estimate of drug-likeness (QED) is 0.326. The summed E-state index contributed by atoms with van der Waals surface area (Å²) in [5.41, 5.74) is 0. The van der Waals surface area contributed by atoms with Gasteiger partial charge in [0.2, 0.25) is 0 Å². The second kappa shape index (κ2) is 2.53. The van der Waals surface area contributed by atoms with E-state index < -0.39 is 0 Å². The van der Waals surface area contributed by atoms with Crippen LogP contribution in [-0.4, -0.2) is 7.18 Å². The maximum absolute atomic E-state index is 2.35. The molecule has 30 valence electrons. The number of hydrogen-bond donors (Lipinski definition) is 0. The van der Waals surface area contributed by atoms with E-state index in [-0.39, 0.29) is 0 Å². The van der Waals surface area contributed by atoms with Crippen LogP contribution in [0.2, 0.25) is 0 Å². The molecule has 0 rings (SSSR count). The highest BCUT2D eigenvalue weighted by Crippen LogP contribution is 2.30. The van der Waals surface area contributed by atoms with Crippen molar-refractivity contribution >= 4 is 75.6 Å². The lowest BCUT2D eigenvalue weighted by atomic mass is 10.2. The largest absolute Gasteiger partial charge is 0.148 e. The van der Waals surface area contributed by atoms with Crippen molar-refractivity contribution < 1.29 is 0 Å². The van der Waals surface area contributed by atoms with Crippen molar-refractivity contribution in [3.63, 3.8) is 0 Å². The molecule has 5 heavy (non-hydrogen) atoms. The van der Waals surface area contributed by atoms with Crippen LogP contribution in [0.5, 0.6) is 0 Å². The Morgan fingerprint density at radius 2 is 1.20 bits per heavy atom. The van der Waals surface area contributed by atoms with Crippen molar-refractivity contribution in [3.8, 4) is 0 Å². The molecule has 0 amide bonds. The van der Waals surface area contributed by atoms with Crippen molar-refractivity contribution in [3.05, 3.63) is 0 Å². The first-order chi connectivity index (χ1) is 2.00. The van der Waals surface area contributed by atoms with Crippen LogP contribution in [0.15, 0.2) is 0 Å². The highest BCUT2D eigenvalue weighted by atomic mass is 127. The highest BCUT2D eigenvalue weighted by Gasteiger charge is 2.04. The zero-order valence-electron chi connectivity index (χ0n) is 2.63. The van der Waals surface area contributed by atoms with Gasteiger partial charge in [-0.05, 0) is 0 Å². The zero-order valence-corrected chi connectivity index (χ0v) is 9.11. The van der Waals surface area contributed by atoms with Gasteiger partial charge in [-0.25, -0.2) is 0 Å². The summed E-state index contributed by atoms with van der Waals surface area (Å²) in [6.07, 6.45) is 0. The molecule has 0 atom stereocenters. The lowest BCUT2D eigenvalue weighted by Crippen LogP contribution is -1.92. The molecule has 0 radical (unpaired) electrons. The van der Waals surface area contributed by atoms with Crippen molar-refractivity contribution in [2.75, 3.05) is 0 Å². The van der Waals surface area contributed by atoms with E-state index in [1.165, 1.54) is 0 Å². The molecule has 0 saturated heterocycles. The third-order valence-electron chi connectivity index (χ3n) is 0. The summed E-state index contributed by atoms with van der Waals surface area (Å²) in [4.78, 5) is 0. The second-order valence-electron chi connectivity index (χ2n) is 0.781. The molecule has 0 fully saturated rings. The van der Waals surface area contributed by atoms with Crippen LogP contribution in [0.4, 0.5) is 0 Å². The minimum Gasteiger partial charge on any atom is -0.0661 e. The van der Waals surface area contributed by atoms with Gasteiger partial charge < -0.3 is 0 Å². The van der Waals surface area contributed by atoms with E-state index in [0.29, 0.717) is -0.665 Å². The topological polar surface area (TPSA) is 0 Å². The van der Waals surface area contributed by atoms with Gasteiger partial charge in [-0.1, -0.05) is 67.8 Å². The molecular formula is CH2BI3. The lowest BCUT2D eigenvalue weighted by molar-refractivity contribution is 2.20. The van der Waals surface area contributed by atoms with Crippen LogP contribution in [0.25, 0.3) is 0 Å². The van der Waals surface area contributed by atoms with Crippen LogP contribution in [0.3, 0.4) is 0 Å². The first kappa shape index (κ1) is 7.25. The maximum atomic E-state index is 2.35. The molecule has 0 aromatic heterocycles. The van der Waals surface area contributed by atoms with Crippen molar-refractivity contribution in [1.82, 2.24) is 0 Å². The van der Waals surface area contributed by atoms with Gasteiger partial charge in [0.1, 0.15) is 7.85 Å². The van der Waals surface area contributed by atoms with Gasteiger partial charge in [0.05, 0.1) is -0.665 Å². The number of hydrogen-bond acceptors (Lipinski definition) is 0. The molecule has 0 nitrogen and oxygen atoms in total. The standard InChI is InChI=1S/CH2BI3/c2-1(3,4)5/h2H2. The summed E-state index contributed by atoms with van der Waals surface area (Å²) in [6, 6.07) is 0. The Morgan fingerprint density at radius 1 is 1.20 bits per heavy atom. The summed E-state index contributed by atoms with van der Waals surface area (Å²) in [5, 5.41) is 0. The molecule has 0 spiro atoms. The molecule has 0 aromatic carbocycles. The van der Waals surface area contributed by atoms with Crippen LogP contribution in [0.1, 0.15) is 0 Å². The predicted octanol–water partition coefficient (Wildman–Crippen LogP) is 1.54. The van der Waals surface area contributed by atoms with Gasteiger partial charge >= 0.3 is 0 Å². The summed E-state index contributed by atoms with van der Waals surface area (Å²) < 4.78 is 0.410. The summed E-state index contributed by atoms with van der Waals surface area (Å²) >= 11 is 7.05. The Kier molecular flexibility index (Phi) is 3.68. The number of rotatable bonds is 0. The number of halogens is 3. The van der Waals surface area contributed by atoms with Crippen LogP contribution in [0, 0.1) is 0 Å². The van der Waals surface area contributed by atoms with E-state index in [0.717, 1.165) is 0 Å². The zero-order chi connectivity index (χ0) is 4.50. The maximum Gasteiger partial charge on any atom is 0.148 e. The highest BCUT2D eigenvalue weighted by molar-refractivity contribution is 14.3. The molecule has 0 N–H and O–H groups in total. The van der Waals surface area contributed by atoms with Gasteiger partial charge in [-0.2, -0.15) is 0 Å². The van der Waals surface area contributed by atoms with E-state index >= 15 is 0 Å². The Labute approximate surface area is 73.7 Å². The van der Waals surface area contributed by atoms with Crippen LogP contribution in [-0.2, 0) is 0 Å². The van der Waals surface area contributed by atoms with Gasteiger partial charge in [0.25, 0.3) is 0 Å². The number of alkyl halides is 3. The first-order valence-electron chi connectivity index (χ1n) is 1.07. The normalized spacial score (nSPS) is 11.8. The van der Waals surface area contributed by atoms with Crippen LogP contribution >= 0.6 is 67.8 Å².